The quantitative estimate of drug-likeness (QED) is 0.233. The molecule has 0 aliphatic heterocycles. The van der Waals surface area contributed by atoms with Gasteiger partial charge in [0.15, 0.2) is 0 Å². The van der Waals surface area contributed by atoms with Crippen LogP contribution in [0.3, 0.4) is 0 Å². The number of para-hydroxylation sites is 3. The van der Waals surface area contributed by atoms with Crippen molar-refractivity contribution in [2.45, 2.75) is 32.6 Å². The molecule has 4 heteroatoms. The van der Waals surface area contributed by atoms with Crippen LogP contribution in [0.1, 0.15) is 30.0 Å². The zero-order valence-electron chi connectivity index (χ0n) is 21.5. The van der Waals surface area contributed by atoms with Crippen LogP contribution in [-0.4, -0.2) is 0 Å². The molecule has 0 amide bonds. The Balaban J connectivity index is 0.000000249. The van der Waals surface area contributed by atoms with Gasteiger partial charge in [0.2, 0.25) is 0 Å². The molecule has 0 radical (unpaired) electrons. The van der Waals surface area contributed by atoms with Crippen molar-refractivity contribution >= 4 is 0 Å². The summed E-state index contributed by atoms with van der Waals surface area (Å²) < 4.78 is 1.65. The predicted octanol–water partition coefficient (Wildman–Crippen LogP) is 6.23. The van der Waals surface area contributed by atoms with Crippen LogP contribution in [0.25, 0.3) is 0 Å². The third-order valence-electron chi connectivity index (χ3n) is 5.18. The summed E-state index contributed by atoms with van der Waals surface area (Å²) in [5, 5.41) is 32.9. The van der Waals surface area contributed by atoms with E-state index in [0.29, 0.717) is 19.3 Å². The van der Waals surface area contributed by atoms with Crippen LogP contribution in [0.2, 0.25) is 0 Å². The molecule has 3 aromatic carbocycles. The Bertz CT molecular complexity index is 1070. The Morgan fingerprint density at radius 2 is 0.973 bits per heavy atom. The fourth-order valence-electron chi connectivity index (χ4n) is 3.10. The van der Waals surface area contributed by atoms with Gasteiger partial charge in [-0.3, -0.25) is 0 Å². The zero-order chi connectivity index (χ0) is 27.5. The molecule has 37 heavy (non-hydrogen) atoms. The van der Waals surface area contributed by atoms with Crippen LogP contribution in [0, 0.1) is 0 Å². The third kappa shape index (κ3) is 12.9. The third-order valence-corrected chi connectivity index (χ3v) is 7.33. The number of hydrogen-bond acceptors (Lipinski definition) is 3. The van der Waals surface area contributed by atoms with E-state index in [9.17, 15) is 15.3 Å². The van der Waals surface area contributed by atoms with Crippen molar-refractivity contribution in [1.82, 2.24) is 0 Å². The first-order valence-corrected chi connectivity index (χ1v) is 13.8. The first kappa shape index (κ1) is 31.7. The summed E-state index contributed by atoms with van der Waals surface area (Å²) >= 11 is 1.25. The van der Waals surface area contributed by atoms with Gasteiger partial charge in [0.1, 0.15) is 0 Å². The van der Waals surface area contributed by atoms with E-state index >= 15 is 0 Å². The molecular weight excluding hydrogens is 623 g/mol. The second-order valence-corrected chi connectivity index (χ2v) is 10.2. The monoisotopic (exact) mass is 658 g/mol. The molecule has 0 fully saturated rings. The van der Waals surface area contributed by atoms with Crippen LogP contribution < -0.4 is 15.3 Å². The molecule has 4 rings (SSSR count). The van der Waals surface area contributed by atoms with E-state index in [4.69, 9.17) is 0 Å². The van der Waals surface area contributed by atoms with E-state index in [0.717, 1.165) is 16.7 Å². The van der Waals surface area contributed by atoms with Crippen molar-refractivity contribution < 1.29 is 39.7 Å². The molecule has 3 nitrogen and oxygen atoms in total. The Morgan fingerprint density at radius 3 is 1.16 bits per heavy atom. The molecule has 3 aromatic rings. The van der Waals surface area contributed by atoms with Gasteiger partial charge in [-0.15, -0.1) is 37.0 Å². The van der Waals surface area contributed by atoms with Crippen molar-refractivity contribution in [3.63, 3.8) is 0 Å². The van der Waals surface area contributed by atoms with E-state index in [1.807, 2.05) is 36.4 Å². The number of rotatable bonds is 6. The summed E-state index contributed by atoms with van der Waals surface area (Å²) in [5.74, 6) is 0.298. The predicted molar refractivity (Wildman–Crippen MR) is 146 cm³/mol. The molecule has 0 heterocycles. The normalized spacial score (nSPS) is 11.1. The van der Waals surface area contributed by atoms with Crippen LogP contribution in [0.4, 0.5) is 0 Å². The van der Waals surface area contributed by atoms with Crippen molar-refractivity contribution in [1.29, 1.82) is 0 Å². The molecule has 0 N–H and O–H groups in total. The summed E-state index contributed by atoms with van der Waals surface area (Å²) in [6.07, 6.45) is 12.9. The van der Waals surface area contributed by atoms with Crippen LogP contribution in [-0.2, 0) is 43.6 Å². The van der Waals surface area contributed by atoms with Crippen LogP contribution >= 0.6 is 0 Å². The van der Waals surface area contributed by atoms with E-state index in [2.05, 4.69) is 38.8 Å². The molecule has 0 saturated heterocycles. The van der Waals surface area contributed by atoms with Gasteiger partial charge in [0.05, 0.1) is 0 Å². The second kappa shape index (κ2) is 18.8. The summed E-state index contributed by atoms with van der Waals surface area (Å²) in [7, 11) is 0. The van der Waals surface area contributed by atoms with E-state index in [1.165, 1.54) is 36.4 Å². The Labute approximate surface area is 237 Å². The summed E-state index contributed by atoms with van der Waals surface area (Å²) in [4.78, 5) is 0. The van der Waals surface area contributed by atoms with Gasteiger partial charge >= 0.3 is 58.8 Å². The molecule has 0 unspecified atom stereocenters. The molecule has 188 valence electrons. The Morgan fingerprint density at radius 1 is 0.649 bits per heavy atom. The van der Waals surface area contributed by atoms with Gasteiger partial charge in [-0.1, -0.05) is 108 Å². The molecule has 0 aromatic heterocycles. The van der Waals surface area contributed by atoms with Crippen molar-refractivity contribution in [2.24, 2.45) is 0 Å². The summed E-state index contributed by atoms with van der Waals surface area (Å²) in [5.41, 5.74) is 3.96. The minimum atomic E-state index is 0.0994. The fourth-order valence-corrected chi connectivity index (χ4v) is 3.82. The van der Waals surface area contributed by atoms with Crippen molar-refractivity contribution in [3.8, 4) is 17.2 Å². The SMILES string of the molecule is C=CCc1ccccc1[O-].C=CCc1ccccc1[O-].C=CCc1ccccc1[O-].CC1=[C]([Hf+3])CC=C1. The van der Waals surface area contributed by atoms with E-state index in [1.54, 1.807) is 58.0 Å². The van der Waals surface area contributed by atoms with Crippen molar-refractivity contribution in [2.75, 3.05) is 0 Å². The Kier molecular flexibility index (Phi) is 16.1. The fraction of sp³-hybridized carbons (Fsp3) is 0.152. The first-order chi connectivity index (χ1) is 17.8. The van der Waals surface area contributed by atoms with Gasteiger partial charge in [-0.2, -0.15) is 0 Å². The maximum atomic E-state index is 11.0. The number of allylic oxidation sites excluding steroid dienone is 7. The average Bonchev–Trinajstić information content (AvgIpc) is 3.27. The summed E-state index contributed by atoms with van der Waals surface area (Å²) in [6.45, 7) is 12.9. The maximum absolute atomic E-state index is 11.0. The topological polar surface area (TPSA) is 69.2 Å². The van der Waals surface area contributed by atoms with Gasteiger partial charge < -0.3 is 15.3 Å². The molecule has 1 aliphatic carbocycles. The molecule has 0 saturated carbocycles. The standard InChI is InChI=1S/3C9H10O.C6H7.Hf/c3*1-2-5-8-6-3-4-7-9(8)10;1-6-4-2-3-5-6;/h3*2-4,6-7,10H,1,5H2;2,4H,3H2,1H3;/q;;;;+3/p-3. The number of hydrogen-bond donors (Lipinski definition) is 0. The minimum absolute atomic E-state index is 0.0994. The summed E-state index contributed by atoms with van der Waals surface area (Å²) in [6, 6.07) is 21.0. The van der Waals surface area contributed by atoms with Crippen molar-refractivity contribution in [3.05, 3.63) is 149 Å². The van der Waals surface area contributed by atoms with Gasteiger partial charge in [0.25, 0.3) is 0 Å². The average molecular weight is 657 g/mol. The van der Waals surface area contributed by atoms with Gasteiger partial charge in [-0.05, 0) is 19.3 Å². The van der Waals surface area contributed by atoms with Crippen LogP contribution in [0.5, 0.6) is 17.2 Å². The van der Waals surface area contributed by atoms with Crippen LogP contribution in [0.15, 0.2) is 132 Å². The molecule has 1 aliphatic rings. The zero-order valence-corrected chi connectivity index (χ0v) is 25.1. The van der Waals surface area contributed by atoms with E-state index < -0.39 is 0 Å². The molecule has 0 atom stereocenters. The molecular formula is C33H34HfO3. The van der Waals surface area contributed by atoms with Gasteiger partial charge in [-0.25, -0.2) is 0 Å². The molecule has 0 bridgehead atoms. The molecule has 0 spiro atoms. The number of benzene rings is 3. The Hall–Kier alpha value is -3.37. The van der Waals surface area contributed by atoms with E-state index in [-0.39, 0.29) is 17.2 Å². The second-order valence-electron chi connectivity index (χ2n) is 8.07. The van der Waals surface area contributed by atoms with Gasteiger partial charge in [0, 0.05) is 0 Å². The first-order valence-electron chi connectivity index (χ1n) is 12.0.